The summed E-state index contributed by atoms with van der Waals surface area (Å²) >= 11 is 0. The molecule has 1 aromatic heterocycles. The van der Waals surface area contributed by atoms with Gasteiger partial charge in [-0.3, -0.25) is 4.68 Å². The molecule has 1 fully saturated rings. The van der Waals surface area contributed by atoms with E-state index in [2.05, 4.69) is 37.3 Å². The highest BCUT2D eigenvalue weighted by Gasteiger charge is 2.32. The number of nitrogens with zero attached hydrogens (tertiary/aromatic N) is 2. The first kappa shape index (κ1) is 14.5. The molecule has 19 heavy (non-hydrogen) atoms. The van der Waals surface area contributed by atoms with Gasteiger partial charge < -0.3 is 10.1 Å². The quantitative estimate of drug-likeness (QED) is 0.854. The Morgan fingerprint density at radius 3 is 2.84 bits per heavy atom. The average Bonchev–Trinajstić information content (AvgIpc) is 2.96. The van der Waals surface area contributed by atoms with Gasteiger partial charge in [-0.25, -0.2) is 0 Å². The van der Waals surface area contributed by atoms with Crippen LogP contribution in [0.25, 0.3) is 0 Å². The summed E-state index contributed by atoms with van der Waals surface area (Å²) in [5.74, 6) is 0.642. The molecule has 1 aliphatic rings. The molecule has 0 bridgehead atoms. The highest BCUT2D eigenvalue weighted by molar-refractivity contribution is 5.12. The van der Waals surface area contributed by atoms with Crippen molar-refractivity contribution in [3.05, 3.63) is 17.5 Å². The Labute approximate surface area is 116 Å². The van der Waals surface area contributed by atoms with Crippen LogP contribution in [0.3, 0.4) is 0 Å². The summed E-state index contributed by atoms with van der Waals surface area (Å²) in [6, 6.07) is 2.62. The molecule has 4 heteroatoms. The first-order valence-corrected chi connectivity index (χ1v) is 7.52. The van der Waals surface area contributed by atoms with Crippen molar-refractivity contribution in [2.24, 2.45) is 13.0 Å². The fraction of sp³-hybridized carbons (Fsp3) is 0.800. The summed E-state index contributed by atoms with van der Waals surface area (Å²) < 4.78 is 7.95. The molecule has 0 saturated carbocycles. The second-order valence-electron chi connectivity index (χ2n) is 5.57. The highest BCUT2D eigenvalue weighted by Crippen LogP contribution is 2.24. The number of hydrogen-bond acceptors (Lipinski definition) is 3. The molecule has 1 aromatic rings. The van der Waals surface area contributed by atoms with Crippen LogP contribution in [0.15, 0.2) is 6.07 Å². The third-order valence-electron chi connectivity index (χ3n) is 4.13. The summed E-state index contributed by atoms with van der Waals surface area (Å²) in [7, 11) is 2.04. The van der Waals surface area contributed by atoms with E-state index >= 15 is 0 Å². The van der Waals surface area contributed by atoms with Crippen LogP contribution < -0.4 is 5.32 Å². The normalized spacial score (nSPS) is 24.8. The van der Waals surface area contributed by atoms with Crippen LogP contribution in [-0.2, 0) is 24.6 Å². The van der Waals surface area contributed by atoms with Crippen molar-refractivity contribution in [2.75, 3.05) is 13.2 Å². The van der Waals surface area contributed by atoms with E-state index in [1.165, 1.54) is 17.8 Å². The number of likely N-dealkylation sites (N-methyl/N-ethyl adjacent to an activating group) is 1. The van der Waals surface area contributed by atoms with Crippen molar-refractivity contribution in [3.8, 4) is 0 Å². The van der Waals surface area contributed by atoms with Gasteiger partial charge in [0.05, 0.1) is 11.8 Å². The van der Waals surface area contributed by atoms with Gasteiger partial charge in [0.15, 0.2) is 0 Å². The predicted molar refractivity (Wildman–Crippen MR) is 77.3 cm³/mol. The van der Waals surface area contributed by atoms with Crippen molar-refractivity contribution in [3.63, 3.8) is 0 Å². The molecule has 0 aromatic carbocycles. The summed E-state index contributed by atoms with van der Waals surface area (Å²) in [5, 5.41) is 8.13. The maximum atomic E-state index is 5.93. The molecular formula is C15H27N3O. The standard InChI is InChI=1S/C15H27N3O/c1-5-12-9-13(18(4)17-12)10-14(16-6-2)15-11(3)7-8-19-15/h9,11,14-16H,5-8,10H2,1-4H3. The molecule has 0 radical (unpaired) electrons. The predicted octanol–water partition coefficient (Wildman–Crippen LogP) is 1.93. The molecule has 3 atom stereocenters. The van der Waals surface area contributed by atoms with E-state index in [-0.39, 0.29) is 0 Å². The Bertz CT molecular complexity index is 402. The van der Waals surface area contributed by atoms with Crippen LogP contribution in [-0.4, -0.2) is 35.1 Å². The molecule has 0 spiro atoms. The average molecular weight is 265 g/mol. The number of ether oxygens (including phenoxy) is 1. The first-order chi connectivity index (χ1) is 9.15. The molecule has 4 nitrogen and oxygen atoms in total. The van der Waals surface area contributed by atoms with Gasteiger partial charge in [-0.05, 0) is 31.4 Å². The molecule has 2 heterocycles. The van der Waals surface area contributed by atoms with Crippen molar-refractivity contribution >= 4 is 0 Å². The van der Waals surface area contributed by atoms with Gasteiger partial charge in [-0.2, -0.15) is 5.10 Å². The molecule has 3 unspecified atom stereocenters. The minimum Gasteiger partial charge on any atom is -0.376 e. The van der Waals surface area contributed by atoms with E-state index in [1.54, 1.807) is 0 Å². The van der Waals surface area contributed by atoms with Crippen LogP contribution in [0.1, 0.15) is 38.6 Å². The Morgan fingerprint density at radius 2 is 2.32 bits per heavy atom. The first-order valence-electron chi connectivity index (χ1n) is 7.52. The van der Waals surface area contributed by atoms with Crippen molar-refractivity contribution in [1.82, 2.24) is 15.1 Å². The van der Waals surface area contributed by atoms with Gasteiger partial charge in [0.25, 0.3) is 0 Å². The maximum absolute atomic E-state index is 5.93. The van der Waals surface area contributed by atoms with Gasteiger partial charge in [0, 0.05) is 31.8 Å². The SMILES string of the molecule is CCNC(Cc1cc(CC)nn1C)C1OCCC1C. The Balaban J connectivity index is 2.09. The lowest BCUT2D eigenvalue weighted by atomic mass is 9.94. The Hall–Kier alpha value is -0.870. The topological polar surface area (TPSA) is 39.1 Å². The molecule has 2 rings (SSSR count). The zero-order valence-corrected chi connectivity index (χ0v) is 12.6. The Kier molecular flexibility index (Phi) is 4.99. The fourth-order valence-electron chi connectivity index (χ4n) is 2.96. The van der Waals surface area contributed by atoms with E-state index in [9.17, 15) is 0 Å². The van der Waals surface area contributed by atoms with Gasteiger partial charge in [0.1, 0.15) is 0 Å². The number of nitrogens with one attached hydrogen (secondary N) is 1. The van der Waals surface area contributed by atoms with Gasteiger partial charge in [-0.15, -0.1) is 0 Å². The zero-order chi connectivity index (χ0) is 13.8. The minimum absolute atomic E-state index is 0.333. The number of rotatable bonds is 6. The second-order valence-corrected chi connectivity index (χ2v) is 5.57. The van der Waals surface area contributed by atoms with Crippen LogP contribution in [0, 0.1) is 5.92 Å². The van der Waals surface area contributed by atoms with Gasteiger partial charge >= 0.3 is 0 Å². The van der Waals surface area contributed by atoms with E-state index in [4.69, 9.17) is 4.74 Å². The lowest BCUT2D eigenvalue weighted by Crippen LogP contribution is -2.44. The van der Waals surface area contributed by atoms with E-state index in [0.717, 1.165) is 26.0 Å². The third kappa shape index (κ3) is 3.37. The molecule has 0 amide bonds. The van der Waals surface area contributed by atoms with Crippen molar-refractivity contribution in [1.29, 1.82) is 0 Å². The molecule has 1 N–H and O–H groups in total. The van der Waals surface area contributed by atoms with Gasteiger partial charge in [0.2, 0.25) is 0 Å². The van der Waals surface area contributed by atoms with Crippen LogP contribution in [0.4, 0.5) is 0 Å². The maximum Gasteiger partial charge on any atom is 0.0758 e. The zero-order valence-electron chi connectivity index (χ0n) is 12.6. The summed E-state index contributed by atoms with van der Waals surface area (Å²) in [6.45, 7) is 8.49. The second kappa shape index (κ2) is 6.53. The Morgan fingerprint density at radius 1 is 1.53 bits per heavy atom. The van der Waals surface area contributed by atoms with Crippen LogP contribution in [0.2, 0.25) is 0 Å². The van der Waals surface area contributed by atoms with Crippen molar-refractivity contribution in [2.45, 2.75) is 52.2 Å². The monoisotopic (exact) mass is 265 g/mol. The summed E-state index contributed by atoms with van der Waals surface area (Å²) in [6.07, 6.45) is 3.50. The highest BCUT2D eigenvalue weighted by atomic mass is 16.5. The number of aryl methyl sites for hydroxylation is 2. The van der Waals surface area contributed by atoms with E-state index in [0.29, 0.717) is 18.1 Å². The summed E-state index contributed by atoms with van der Waals surface area (Å²) in [4.78, 5) is 0. The van der Waals surface area contributed by atoms with Crippen molar-refractivity contribution < 1.29 is 4.74 Å². The minimum atomic E-state index is 0.333. The smallest absolute Gasteiger partial charge is 0.0758 e. The van der Waals surface area contributed by atoms with E-state index < -0.39 is 0 Å². The van der Waals surface area contributed by atoms with Crippen LogP contribution >= 0.6 is 0 Å². The number of aromatic nitrogens is 2. The fourth-order valence-corrected chi connectivity index (χ4v) is 2.96. The lowest BCUT2D eigenvalue weighted by molar-refractivity contribution is 0.0609. The molecule has 108 valence electrons. The van der Waals surface area contributed by atoms with Crippen LogP contribution in [0.5, 0.6) is 0 Å². The van der Waals surface area contributed by atoms with E-state index in [1.807, 2.05) is 11.7 Å². The summed E-state index contributed by atoms with van der Waals surface area (Å²) in [5.41, 5.74) is 2.47. The molecular weight excluding hydrogens is 238 g/mol. The number of hydrogen-bond donors (Lipinski definition) is 1. The molecule has 1 saturated heterocycles. The lowest BCUT2D eigenvalue weighted by Gasteiger charge is -2.26. The van der Waals surface area contributed by atoms with Gasteiger partial charge in [-0.1, -0.05) is 20.8 Å². The largest absolute Gasteiger partial charge is 0.376 e. The molecule has 0 aliphatic carbocycles. The molecule has 1 aliphatic heterocycles. The third-order valence-corrected chi connectivity index (χ3v) is 4.13.